The molecule has 2 heterocycles. The number of fused-ring (bicyclic) bond motifs is 1. The molecule has 0 unspecified atom stereocenters. The van der Waals surface area contributed by atoms with E-state index in [2.05, 4.69) is 15.5 Å². The number of rotatable bonds is 3. The molecule has 0 saturated carbocycles. The monoisotopic (exact) mass is 301 g/mol. The summed E-state index contributed by atoms with van der Waals surface area (Å²) in [6.07, 6.45) is 0.660. The van der Waals surface area contributed by atoms with E-state index in [1.165, 1.54) is 0 Å². The molecular weight excluding hydrogens is 286 g/mol. The lowest BCUT2D eigenvalue weighted by atomic mass is 10.1. The zero-order valence-electron chi connectivity index (χ0n) is 12.1. The molecule has 0 radical (unpaired) electrons. The number of nitrogens with one attached hydrogen (secondary N) is 1. The Morgan fingerprint density at radius 2 is 2.19 bits per heavy atom. The fourth-order valence-corrected chi connectivity index (χ4v) is 3.13. The molecule has 21 heavy (non-hydrogen) atoms. The number of hydrogen-bond acceptors (Lipinski definition) is 5. The molecule has 0 bridgehead atoms. The summed E-state index contributed by atoms with van der Waals surface area (Å²) >= 11 is 1.61. The van der Waals surface area contributed by atoms with Crippen molar-refractivity contribution in [3.8, 4) is 0 Å². The molecule has 0 atom stereocenters. The molecule has 0 aliphatic heterocycles. The highest BCUT2D eigenvalue weighted by Crippen LogP contribution is 2.25. The molecule has 0 aliphatic rings. The summed E-state index contributed by atoms with van der Waals surface area (Å²) in [4.78, 5) is 16.8. The van der Waals surface area contributed by atoms with Gasteiger partial charge in [0.05, 0.1) is 20.9 Å². The van der Waals surface area contributed by atoms with Crippen LogP contribution in [0.1, 0.15) is 33.7 Å². The van der Waals surface area contributed by atoms with E-state index in [1.54, 1.807) is 18.3 Å². The van der Waals surface area contributed by atoms with Gasteiger partial charge in [-0.05, 0) is 38.5 Å². The first-order valence-electron chi connectivity index (χ1n) is 6.72. The van der Waals surface area contributed by atoms with E-state index < -0.39 is 0 Å². The number of thiazole rings is 1. The topological polar surface area (TPSA) is 68.0 Å². The first kappa shape index (κ1) is 13.8. The molecule has 0 spiro atoms. The van der Waals surface area contributed by atoms with Gasteiger partial charge in [-0.2, -0.15) is 0 Å². The van der Waals surface area contributed by atoms with Crippen molar-refractivity contribution < 1.29 is 9.32 Å². The standard InChI is InChI=1S/C15H15N3O2S/c1-4-11-14(8(2)20-18-11)15(19)17-10-5-6-12-13(7-10)21-9(3)16-12/h5-7H,4H2,1-3H3,(H,17,19). The third-order valence-electron chi connectivity index (χ3n) is 3.25. The van der Waals surface area contributed by atoms with Crippen LogP contribution in [0.2, 0.25) is 0 Å². The maximum Gasteiger partial charge on any atom is 0.261 e. The van der Waals surface area contributed by atoms with Crippen molar-refractivity contribution in [2.24, 2.45) is 0 Å². The third kappa shape index (κ3) is 2.54. The Morgan fingerprint density at radius 1 is 1.38 bits per heavy atom. The predicted molar refractivity (Wildman–Crippen MR) is 82.9 cm³/mol. The van der Waals surface area contributed by atoms with E-state index in [1.807, 2.05) is 32.0 Å². The number of carbonyl (C=O) groups is 1. The second-order valence-electron chi connectivity index (χ2n) is 4.78. The van der Waals surface area contributed by atoms with Gasteiger partial charge < -0.3 is 9.84 Å². The lowest BCUT2D eigenvalue weighted by molar-refractivity contribution is 0.102. The molecular formula is C15H15N3O2S. The zero-order valence-corrected chi connectivity index (χ0v) is 12.9. The lowest BCUT2D eigenvalue weighted by Crippen LogP contribution is -2.14. The van der Waals surface area contributed by atoms with Gasteiger partial charge >= 0.3 is 0 Å². The van der Waals surface area contributed by atoms with Crippen molar-refractivity contribution in [1.82, 2.24) is 10.1 Å². The highest BCUT2D eigenvalue weighted by Gasteiger charge is 2.19. The van der Waals surface area contributed by atoms with E-state index in [0.717, 1.165) is 20.9 Å². The minimum atomic E-state index is -0.189. The Balaban J connectivity index is 1.90. The summed E-state index contributed by atoms with van der Waals surface area (Å²) in [6.45, 7) is 5.66. The maximum absolute atomic E-state index is 12.4. The zero-order chi connectivity index (χ0) is 15.0. The van der Waals surface area contributed by atoms with Crippen LogP contribution in [0.3, 0.4) is 0 Å². The number of nitrogens with zero attached hydrogens (tertiary/aromatic N) is 2. The average molecular weight is 301 g/mol. The van der Waals surface area contributed by atoms with Gasteiger partial charge in [-0.1, -0.05) is 12.1 Å². The molecule has 108 valence electrons. The largest absolute Gasteiger partial charge is 0.361 e. The van der Waals surface area contributed by atoms with E-state index in [9.17, 15) is 4.79 Å². The maximum atomic E-state index is 12.4. The van der Waals surface area contributed by atoms with Crippen molar-refractivity contribution in [3.63, 3.8) is 0 Å². The van der Waals surface area contributed by atoms with Crippen molar-refractivity contribution >= 4 is 33.1 Å². The quantitative estimate of drug-likeness (QED) is 0.800. The SMILES string of the molecule is CCc1noc(C)c1C(=O)Nc1ccc2nc(C)sc2c1. The second kappa shape index (κ2) is 5.29. The fourth-order valence-electron chi connectivity index (χ4n) is 2.26. The highest BCUT2D eigenvalue weighted by molar-refractivity contribution is 7.18. The van der Waals surface area contributed by atoms with Crippen molar-refractivity contribution in [2.75, 3.05) is 5.32 Å². The van der Waals surface area contributed by atoms with Crippen LogP contribution in [0.25, 0.3) is 10.2 Å². The summed E-state index contributed by atoms with van der Waals surface area (Å²) in [6, 6.07) is 5.70. The Hall–Kier alpha value is -2.21. The number of carbonyl (C=O) groups excluding carboxylic acids is 1. The molecule has 0 aliphatic carbocycles. The Morgan fingerprint density at radius 3 is 2.95 bits per heavy atom. The minimum Gasteiger partial charge on any atom is -0.361 e. The second-order valence-corrected chi connectivity index (χ2v) is 6.02. The number of amides is 1. The minimum absolute atomic E-state index is 0.189. The molecule has 1 amide bonds. The van der Waals surface area contributed by atoms with Gasteiger partial charge in [0.1, 0.15) is 11.3 Å². The van der Waals surface area contributed by atoms with Crippen LogP contribution in [0.4, 0.5) is 5.69 Å². The number of anilines is 1. The summed E-state index contributed by atoms with van der Waals surface area (Å²) < 4.78 is 6.16. The van der Waals surface area contributed by atoms with Crippen LogP contribution >= 0.6 is 11.3 Å². The van der Waals surface area contributed by atoms with Gasteiger partial charge in [0.2, 0.25) is 0 Å². The van der Waals surface area contributed by atoms with Gasteiger partial charge in [0.25, 0.3) is 5.91 Å². The van der Waals surface area contributed by atoms with Crippen LogP contribution in [0.15, 0.2) is 22.7 Å². The van der Waals surface area contributed by atoms with Crippen molar-refractivity contribution in [1.29, 1.82) is 0 Å². The van der Waals surface area contributed by atoms with Crippen molar-refractivity contribution in [3.05, 3.63) is 40.2 Å². The average Bonchev–Trinajstić information content (AvgIpc) is 2.99. The van der Waals surface area contributed by atoms with Gasteiger partial charge in [-0.3, -0.25) is 4.79 Å². The summed E-state index contributed by atoms with van der Waals surface area (Å²) in [7, 11) is 0. The van der Waals surface area contributed by atoms with Crippen LogP contribution in [0.5, 0.6) is 0 Å². The molecule has 0 saturated heterocycles. The molecule has 2 aromatic heterocycles. The normalized spacial score (nSPS) is 11.0. The molecule has 0 fully saturated rings. The van der Waals surface area contributed by atoms with Crippen molar-refractivity contribution in [2.45, 2.75) is 27.2 Å². The Kier molecular flexibility index (Phi) is 3.47. The summed E-state index contributed by atoms with van der Waals surface area (Å²) in [5.41, 5.74) is 2.91. The molecule has 3 aromatic rings. The summed E-state index contributed by atoms with van der Waals surface area (Å²) in [5, 5.41) is 7.82. The first-order valence-corrected chi connectivity index (χ1v) is 7.54. The van der Waals surface area contributed by atoms with Crippen LogP contribution in [-0.4, -0.2) is 16.0 Å². The molecule has 1 N–H and O–H groups in total. The molecule has 6 heteroatoms. The molecule has 1 aromatic carbocycles. The first-order chi connectivity index (χ1) is 10.1. The Bertz CT molecular complexity index is 820. The van der Waals surface area contributed by atoms with E-state index in [4.69, 9.17) is 4.52 Å². The van der Waals surface area contributed by atoms with Crippen LogP contribution in [-0.2, 0) is 6.42 Å². The lowest BCUT2D eigenvalue weighted by Gasteiger charge is -2.05. The molecule has 5 nitrogen and oxygen atoms in total. The number of aryl methyl sites for hydroxylation is 3. The van der Waals surface area contributed by atoms with Crippen LogP contribution < -0.4 is 5.32 Å². The predicted octanol–water partition coefficient (Wildman–Crippen LogP) is 3.72. The van der Waals surface area contributed by atoms with Gasteiger partial charge in [-0.25, -0.2) is 4.98 Å². The highest BCUT2D eigenvalue weighted by atomic mass is 32.1. The number of aromatic nitrogens is 2. The Labute approximate surface area is 126 Å². The number of benzene rings is 1. The van der Waals surface area contributed by atoms with Gasteiger partial charge in [-0.15, -0.1) is 11.3 Å². The fraction of sp³-hybridized carbons (Fsp3) is 0.267. The van der Waals surface area contributed by atoms with Gasteiger partial charge in [0, 0.05) is 5.69 Å². The number of hydrogen-bond donors (Lipinski definition) is 1. The van der Waals surface area contributed by atoms with E-state index in [-0.39, 0.29) is 5.91 Å². The smallest absolute Gasteiger partial charge is 0.261 e. The third-order valence-corrected chi connectivity index (χ3v) is 4.18. The summed E-state index contributed by atoms with van der Waals surface area (Å²) in [5.74, 6) is 0.352. The molecule has 3 rings (SSSR count). The van der Waals surface area contributed by atoms with E-state index >= 15 is 0 Å². The van der Waals surface area contributed by atoms with Gasteiger partial charge in [0.15, 0.2) is 0 Å². The van der Waals surface area contributed by atoms with Crippen LogP contribution in [0, 0.1) is 13.8 Å². The van der Waals surface area contributed by atoms with E-state index in [0.29, 0.717) is 23.4 Å².